The molecule has 0 atom stereocenters. The number of carbonyl (C=O) groups is 1. The van der Waals surface area contributed by atoms with Crippen molar-refractivity contribution < 1.29 is 26.7 Å². The van der Waals surface area contributed by atoms with Gasteiger partial charge in [0.05, 0.1) is 11.4 Å². The number of hydrogen-bond donors (Lipinski definition) is 3. The van der Waals surface area contributed by atoms with Crippen LogP contribution in [0, 0.1) is 13.8 Å². The fourth-order valence-corrected chi connectivity index (χ4v) is 5.52. The smallest absolute Gasteiger partial charge is 0.249 e. The summed E-state index contributed by atoms with van der Waals surface area (Å²) < 4.78 is 43.9. The largest absolute Gasteiger partial charge is 0.383 e. The van der Waals surface area contributed by atoms with Crippen molar-refractivity contribution in [2.45, 2.75) is 48.6 Å². The molecule has 5 N–H and O–H groups in total. The molecular weight excluding hydrogens is 436 g/mol. The minimum Gasteiger partial charge on any atom is -0.383 e. The van der Waals surface area contributed by atoms with Crippen molar-refractivity contribution in [3.8, 4) is 0 Å². The van der Waals surface area contributed by atoms with Crippen molar-refractivity contribution in [3.63, 3.8) is 0 Å². The van der Waals surface area contributed by atoms with Crippen LogP contribution in [-0.2, 0) is 25.6 Å². The Hall–Kier alpha value is -1.29. The van der Waals surface area contributed by atoms with E-state index in [0.717, 1.165) is 22.7 Å². The summed E-state index contributed by atoms with van der Waals surface area (Å²) in [5, 5.41) is 20.0. The molecule has 10 nitrogen and oxygen atoms in total. The third-order valence-corrected chi connectivity index (χ3v) is 8.69. The number of ketones is 1. The summed E-state index contributed by atoms with van der Waals surface area (Å²) in [5.74, 6) is -0.261. The van der Waals surface area contributed by atoms with Gasteiger partial charge >= 0.3 is 0 Å². The van der Waals surface area contributed by atoms with Gasteiger partial charge in [0, 0.05) is 6.92 Å². The molecule has 0 radical (unpaired) electrons. The van der Waals surface area contributed by atoms with E-state index >= 15 is 0 Å². The van der Waals surface area contributed by atoms with Gasteiger partial charge in [-0.25, -0.2) is 37.1 Å². The van der Waals surface area contributed by atoms with Gasteiger partial charge in [-0.15, -0.1) is 11.3 Å². The first-order chi connectivity index (χ1) is 11.9. The van der Waals surface area contributed by atoms with Gasteiger partial charge < -0.3 is 5.11 Å². The van der Waals surface area contributed by atoms with Crippen molar-refractivity contribution in [3.05, 3.63) is 21.4 Å². The summed E-state index contributed by atoms with van der Waals surface area (Å²) in [6.45, 7) is 7.45. The predicted octanol–water partition coefficient (Wildman–Crippen LogP) is 0.628. The second-order valence-electron chi connectivity index (χ2n) is 5.99. The number of aromatic nitrogens is 2. The summed E-state index contributed by atoms with van der Waals surface area (Å²) in [4.78, 5) is 18.6. The second-order valence-corrected chi connectivity index (χ2v) is 11.5. The number of nitrogens with zero attached hydrogens (tertiary/aromatic N) is 2. The molecule has 0 saturated heterocycles. The Bertz CT molecular complexity index is 1060. The van der Waals surface area contributed by atoms with Crippen molar-refractivity contribution in [1.29, 1.82) is 0 Å². The van der Waals surface area contributed by atoms with Crippen LogP contribution in [0.25, 0.3) is 0 Å². The standard InChI is InChI=1S/C7H12N2O3S2.C6H8N2O3S2/c1-4-5(14(8,11)12)13-6(9-4)7(2,3)10;1-3-6(13(7,10)11)12-5(8-3)4(2)9/h10H,1-3H3,(H2,8,11,12);1-2H3,(H2,7,10,11). The summed E-state index contributed by atoms with van der Waals surface area (Å²) in [6, 6.07) is 0. The van der Waals surface area contributed by atoms with Gasteiger partial charge in [0.25, 0.3) is 0 Å². The highest BCUT2D eigenvalue weighted by Gasteiger charge is 2.25. The lowest BCUT2D eigenvalue weighted by atomic mass is 10.2. The Morgan fingerprint density at radius 3 is 1.59 bits per heavy atom. The van der Waals surface area contributed by atoms with E-state index < -0.39 is 25.6 Å². The molecule has 0 unspecified atom stereocenters. The lowest BCUT2D eigenvalue weighted by molar-refractivity contribution is 0.0781. The Kier molecular flexibility index (Phi) is 7.02. The molecule has 27 heavy (non-hydrogen) atoms. The van der Waals surface area contributed by atoms with E-state index in [0.29, 0.717) is 10.7 Å². The Labute approximate surface area is 165 Å². The van der Waals surface area contributed by atoms with E-state index in [4.69, 9.17) is 10.3 Å². The molecule has 0 spiro atoms. The fraction of sp³-hybridized carbons (Fsp3) is 0.462. The van der Waals surface area contributed by atoms with E-state index in [1.807, 2.05) is 0 Å². The summed E-state index contributed by atoms with van der Waals surface area (Å²) >= 11 is 1.70. The van der Waals surface area contributed by atoms with Gasteiger partial charge in [0.1, 0.15) is 10.6 Å². The molecule has 0 aliphatic heterocycles. The van der Waals surface area contributed by atoms with Crippen LogP contribution in [0.15, 0.2) is 8.42 Å². The fourth-order valence-electron chi connectivity index (χ4n) is 1.71. The van der Waals surface area contributed by atoms with E-state index in [-0.39, 0.29) is 24.9 Å². The third-order valence-electron chi connectivity index (χ3n) is 2.85. The number of sulfonamides is 2. The van der Waals surface area contributed by atoms with Gasteiger partial charge in [-0.2, -0.15) is 0 Å². The lowest BCUT2D eigenvalue weighted by Gasteiger charge is -2.12. The lowest BCUT2D eigenvalue weighted by Crippen LogP contribution is -2.14. The molecule has 2 aromatic rings. The van der Waals surface area contributed by atoms with Crippen LogP contribution in [0.5, 0.6) is 0 Å². The van der Waals surface area contributed by atoms with E-state index in [2.05, 4.69) is 9.97 Å². The van der Waals surface area contributed by atoms with Crippen LogP contribution in [0.2, 0.25) is 0 Å². The van der Waals surface area contributed by atoms with Gasteiger partial charge in [-0.3, -0.25) is 4.79 Å². The minimum atomic E-state index is -3.74. The molecule has 2 aromatic heterocycles. The Morgan fingerprint density at radius 2 is 1.37 bits per heavy atom. The van der Waals surface area contributed by atoms with E-state index in [1.165, 1.54) is 27.7 Å². The van der Waals surface area contributed by atoms with Gasteiger partial charge in [0.2, 0.25) is 20.0 Å². The number of aryl methyl sites for hydroxylation is 2. The zero-order valence-electron chi connectivity index (χ0n) is 15.2. The van der Waals surface area contributed by atoms with Crippen LogP contribution >= 0.6 is 22.7 Å². The average molecular weight is 457 g/mol. The maximum atomic E-state index is 11.1. The first-order valence-corrected chi connectivity index (χ1v) is 11.9. The Balaban J connectivity index is 0.000000271. The third kappa shape index (κ3) is 6.38. The molecule has 0 amide bonds. The highest BCUT2D eigenvalue weighted by Crippen LogP contribution is 2.29. The molecule has 14 heteroatoms. The highest BCUT2D eigenvalue weighted by molar-refractivity contribution is 7.91. The van der Waals surface area contributed by atoms with Crippen molar-refractivity contribution in [1.82, 2.24) is 9.97 Å². The van der Waals surface area contributed by atoms with Crippen LogP contribution in [0.3, 0.4) is 0 Å². The monoisotopic (exact) mass is 456 g/mol. The number of aliphatic hydroxyl groups is 1. The van der Waals surface area contributed by atoms with Crippen molar-refractivity contribution in [2.75, 3.05) is 0 Å². The summed E-state index contributed by atoms with van der Waals surface area (Å²) in [5.41, 5.74) is -0.537. The molecule has 0 aliphatic rings. The first kappa shape index (κ1) is 23.7. The molecule has 2 heterocycles. The van der Waals surface area contributed by atoms with Gasteiger partial charge in [-0.1, -0.05) is 11.3 Å². The zero-order valence-corrected chi connectivity index (χ0v) is 18.4. The van der Waals surface area contributed by atoms with Crippen LogP contribution in [0.4, 0.5) is 0 Å². The number of thiazole rings is 2. The van der Waals surface area contributed by atoms with Crippen LogP contribution < -0.4 is 10.3 Å². The normalized spacial score (nSPS) is 12.4. The summed E-state index contributed by atoms with van der Waals surface area (Å²) in [7, 11) is -7.47. The average Bonchev–Trinajstić information content (AvgIpc) is 3.01. The molecule has 2 rings (SSSR count). The molecule has 0 aliphatic carbocycles. The number of rotatable bonds is 4. The highest BCUT2D eigenvalue weighted by atomic mass is 32.3. The van der Waals surface area contributed by atoms with E-state index in [9.17, 15) is 26.7 Å². The number of carbonyl (C=O) groups excluding carboxylic acids is 1. The SMILES string of the molecule is CC(=O)c1nc(C)c(S(N)(=O)=O)s1.Cc1nc(C(C)(C)O)sc1S(N)(=O)=O. The first-order valence-electron chi connectivity index (χ1n) is 7.18. The minimum absolute atomic E-state index is 0.00891. The van der Waals surface area contributed by atoms with Crippen LogP contribution in [-0.4, -0.2) is 37.7 Å². The van der Waals surface area contributed by atoms with Crippen LogP contribution in [0.1, 0.15) is 47.0 Å². The number of nitrogens with two attached hydrogens (primary N) is 2. The summed E-state index contributed by atoms with van der Waals surface area (Å²) in [6.07, 6.45) is 0. The Morgan fingerprint density at radius 1 is 0.963 bits per heavy atom. The maximum Gasteiger partial charge on any atom is 0.249 e. The maximum absolute atomic E-state index is 11.1. The topological polar surface area (TPSA) is 183 Å². The number of Topliss-reactive ketones (excluding diaryl/α,β-unsaturated/α-hetero) is 1. The second kappa shape index (κ2) is 7.98. The molecular formula is C13H20N4O6S4. The number of primary sulfonamides is 2. The quantitative estimate of drug-likeness (QED) is 0.559. The van der Waals surface area contributed by atoms with Gasteiger partial charge in [0.15, 0.2) is 19.2 Å². The van der Waals surface area contributed by atoms with Crippen molar-refractivity contribution >= 4 is 48.5 Å². The van der Waals surface area contributed by atoms with E-state index in [1.54, 1.807) is 6.92 Å². The zero-order chi connectivity index (χ0) is 21.4. The molecule has 0 aromatic carbocycles. The molecule has 0 saturated carbocycles. The molecule has 152 valence electrons. The molecule has 0 bridgehead atoms. The van der Waals surface area contributed by atoms with Gasteiger partial charge in [-0.05, 0) is 27.7 Å². The number of hydrogen-bond acceptors (Lipinski definition) is 10. The molecule has 0 fully saturated rings. The van der Waals surface area contributed by atoms with Crippen molar-refractivity contribution in [2.24, 2.45) is 10.3 Å². The predicted molar refractivity (Wildman–Crippen MR) is 102 cm³/mol.